The van der Waals surface area contributed by atoms with Gasteiger partial charge in [0.25, 0.3) is 7.48 Å². The summed E-state index contributed by atoms with van der Waals surface area (Å²) in [5.41, 5.74) is 4.98. The maximum absolute atomic E-state index is 7.99. The van der Waals surface area contributed by atoms with Gasteiger partial charge in [0.1, 0.15) is 0 Å². The molecule has 0 rings (SSSR count). The number of nitrogens with two attached hydrogens (primary N) is 1. The molecule has 0 saturated carbocycles. The Labute approximate surface area is 32.3 Å². The molecule has 30 valence electrons. The third-order valence-electron chi connectivity index (χ3n) is 0.362. The minimum Gasteiger partial charge on any atom is -0.454 e. The summed E-state index contributed by atoms with van der Waals surface area (Å²) in [4.78, 5) is 0. The summed E-state index contributed by atoms with van der Waals surface area (Å²) < 4.78 is 0. The van der Waals surface area contributed by atoms with E-state index in [9.17, 15) is 0 Å². The highest BCUT2D eigenvalue weighted by Crippen LogP contribution is 1.60. The van der Waals surface area contributed by atoms with Crippen molar-refractivity contribution in [2.24, 2.45) is 5.73 Å². The Morgan fingerprint density at radius 2 is 2.40 bits per heavy atom. The highest BCUT2D eigenvalue weighted by molar-refractivity contribution is 6.25. The first-order valence-electron chi connectivity index (χ1n) is 1.72. The Kier molecular flexibility index (Phi) is 3.97. The van der Waals surface area contributed by atoms with Gasteiger partial charge >= 0.3 is 0 Å². The smallest absolute Gasteiger partial charge is 0.272 e. The fourth-order valence-corrected chi connectivity index (χ4v) is 0.0913. The lowest BCUT2D eigenvalue weighted by Gasteiger charge is -1.77. The quantitative estimate of drug-likeness (QED) is 0.399. The Balaban J connectivity index is 2.19. The van der Waals surface area contributed by atoms with E-state index in [0.717, 1.165) is 6.32 Å². The molecule has 0 aromatic heterocycles. The van der Waals surface area contributed by atoms with Gasteiger partial charge in [-0.1, -0.05) is 0 Å². The first kappa shape index (κ1) is 4.98. The molecule has 0 aliphatic carbocycles. The molecular weight excluding hydrogens is 64.8 g/mol. The highest BCUT2D eigenvalue weighted by atomic mass is 16.2. The summed E-state index contributed by atoms with van der Waals surface area (Å²) in [5, 5.41) is 7.99. The maximum Gasteiger partial charge on any atom is 0.272 e. The van der Waals surface area contributed by atoms with Crippen LogP contribution in [0.15, 0.2) is 0 Å². The van der Waals surface area contributed by atoms with E-state index in [1.807, 2.05) is 0 Å². The van der Waals surface area contributed by atoms with Crippen molar-refractivity contribution in [2.45, 2.75) is 6.32 Å². The normalized spacial score (nSPS) is 7.60. The van der Waals surface area contributed by atoms with Crippen molar-refractivity contribution in [3.05, 3.63) is 0 Å². The predicted octanol–water partition coefficient (Wildman–Crippen LogP) is -1.29. The van der Waals surface area contributed by atoms with Crippen LogP contribution in [0.1, 0.15) is 0 Å². The Bertz CT molecular complexity index is 17.1. The first-order chi connectivity index (χ1) is 2.41. The monoisotopic (exact) mass is 73.1 g/mol. The van der Waals surface area contributed by atoms with Gasteiger partial charge in [0, 0.05) is 0 Å². The van der Waals surface area contributed by atoms with Gasteiger partial charge in [0.2, 0.25) is 0 Å². The van der Waals surface area contributed by atoms with Crippen molar-refractivity contribution in [3.63, 3.8) is 0 Å². The fraction of sp³-hybridized carbons (Fsp3) is 1.00. The molecule has 0 saturated heterocycles. The van der Waals surface area contributed by atoms with Gasteiger partial charge in [-0.15, -0.1) is 0 Å². The zero-order valence-corrected chi connectivity index (χ0v) is 3.15. The summed E-state index contributed by atoms with van der Waals surface area (Å²) in [7, 11) is 0.219. The van der Waals surface area contributed by atoms with E-state index >= 15 is 0 Å². The molecule has 0 heterocycles. The number of rotatable bonds is 2. The summed E-state index contributed by atoms with van der Waals surface area (Å²) in [6.07, 6.45) is 0.722. The molecule has 0 radical (unpaired) electrons. The van der Waals surface area contributed by atoms with E-state index in [1.54, 1.807) is 0 Å². The first-order valence-corrected chi connectivity index (χ1v) is 1.72. The van der Waals surface area contributed by atoms with E-state index in [0.29, 0.717) is 6.54 Å². The second-order valence-corrected chi connectivity index (χ2v) is 0.866. The summed E-state index contributed by atoms with van der Waals surface area (Å²) in [5.74, 6) is 0. The predicted molar refractivity (Wildman–Crippen MR) is 23.2 cm³/mol. The summed E-state index contributed by atoms with van der Waals surface area (Å²) in [6.45, 7) is 0.594. The molecule has 0 aromatic rings. The highest BCUT2D eigenvalue weighted by Gasteiger charge is 1.74. The second-order valence-electron chi connectivity index (χ2n) is 0.866. The van der Waals surface area contributed by atoms with Crippen molar-refractivity contribution >= 4 is 7.48 Å². The molecule has 3 heteroatoms. The third kappa shape index (κ3) is 3.98. The molecule has 0 aliphatic heterocycles. The Morgan fingerprint density at radius 1 is 1.80 bits per heavy atom. The van der Waals surface area contributed by atoms with Crippen LogP contribution in [0.25, 0.3) is 0 Å². The molecule has 0 amide bonds. The van der Waals surface area contributed by atoms with Crippen molar-refractivity contribution in [1.29, 1.82) is 0 Å². The van der Waals surface area contributed by atoms with Crippen LogP contribution in [0, 0.1) is 0 Å². The maximum atomic E-state index is 7.99. The minimum absolute atomic E-state index is 0.219. The molecule has 0 atom stereocenters. The van der Waals surface area contributed by atoms with Gasteiger partial charge in [0.05, 0.1) is 0 Å². The van der Waals surface area contributed by atoms with Crippen molar-refractivity contribution in [3.8, 4) is 0 Å². The minimum atomic E-state index is 0.219. The average Bonchev–Trinajstić information content (AvgIpc) is 1.41. The van der Waals surface area contributed by atoms with E-state index in [-0.39, 0.29) is 7.48 Å². The molecule has 0 spiro atoms. The largest absolute Gasteiger partial charge is 0.454 e. The molecule has 0 bridgehead atoms. The third-order valence-corrected chi connectivity index (χ3v) is 0.362. The molecule has 0 aromatic carbocycles. The summed E-state index contributed by atoms with van der Waals surface area (Å²) >= 11 is 0. The lowest BCUT2D eigenvalue weighted by molar-refractivity contribution is 0.600. The van der Waals surface area contributed by atoms with E-state index in [4.69, 9.17) is 10.8 Å². The molecule has 3 N–H and O–H groups in total. The van der Waals surface area contributed by atoms with Crippen LogP contribution in [0.4, 0.5) is 0 Å². The zero-order valence-electron chi connectivity index (χ0n) is 3.15. The Hall–Kier alpha value is -0.0151. The lowest BCUT2D eigenvalue weighted by atomic mass is 9.97. The molecular formula is C2H8BNO. The van der Waals surface area contributed by atoms with Crippen molar-refractivity contribution < 1.29 is 5.02 Å². The van der Waals surface area contributed by atoms with Crippen LogP contribution in [0.5, 0.6) is 0 Å². The van der Waals surface area contributed by atoms with Crippen LogP contribution in [-0.4, -0.2) is 19.1 Å². The van der Waals surface area contributed by atoms with Gasteiger partial charge in [-0.3, -0.25) is 0 Å². The molecule has 0 fully saturated rings. The summed E-state index contributed by atoms with van der Waals surface area (Å²) in [6, 6.07) is 0. The van der Waals surface area contributed by atoms with Gasteiger partial charge in [0.15, 0.2) is 0 Å². The average molecular weight is 72.9 g/mol. The molecule has 0 unspecified atom stereocenters. The molecule has 2 nitrogen and oxygen atoms in total. The van der Waals surface area contributed by atoms with Crippen LogP contribution in [0.2, 0.25) is 6.32 Å². The second kappa shape index (κ2) is 3.98. The van der Waals surface area contributed by atoms with Gasteiger partial charge < -0.3 is 10.8 Å². The number of hydrogen-bond acceptors (Lipinski definition) is 2. The zero-order chi connectivity index (χ0) is 4.12. The SMILES string of the molecule is NCCBO. The Morgan fingerprint density at radius 3 is 2.40 bits per heavy atom. The van der Waals surface area contributed by atoms with Crippen LogP contribution >= 0.6 is 0 Å². The number of hydrogen-bond donors (Lipinski definition) is 2. The molecule has 0 aliphatic rings. The standard InChI is InChI=1S/C2H8BNO/c4-2-1-3-5/h3,5H,1-2,4H2. The van der Waals surface area contributed by atoms with Gasteiger partial charge in [-0.25, -0.2) is 0 Å². The van der Waals surface area contributed by atoms with E-state index in [1.165, 1.54) is 0 Å². The molecule has 5 heavy (non-hydrogen) atoms. The van der Waals surface area contributed by atoms with Gasteiger partial charge in [-0.05, 0) is 12.9 Å². The van der Waals surface area contributed by atoms with Gasteiger partial charge in [-0.2, -0.15) is 0 Å². The van der Waals surface area contributed by atoms with Crippen molar-refractivity contribution in [2.75, 3.05) is 6.54 Å². The van der Waals surface area contributed by atoms with Crippen molar-refractivity contribution in [1.82, 2.24) is 0 Å². The van der Waals surface area contributed by atoms with Crippen LogP contribution in [-0.2, 0) is 0 Å². The van der Waals surface area contributed by atoms with E-state index in [2.05, 4.69) is 0 Å². The van der Waals surface area contributed by atoms with Crippen LogP contribution in [0.3, 0.4) is 0 Å². The fourth-order valence-electron chi connectivity index (χ4n) is 0.0913. The van der Waals surface area contributed by atoms with Crippen LogP contribution < -0.4 is 5.73 Å². The van der Waals surface area contributed by atoms with E-state index < -0.39 is 0 Å². The lowest BCUT2D eigenvalue weighted by Crippen LogP contribution is -2.01. The topological polar surface area (TPSA) is 46.2 Å².